The number of benzene rings is 2. The Balaban J connectivity index is 2.01. The molecule has 0 saturated heterocycles. The van der Waals surface area contributed by atoms with Crippen molar-refractivity contribution in [1.29, 1.82) is 0 Å². The van der Waals surface area contributed by atoms with Crippen LogP contribution in [0.3, 0.4) is 0 Å². The van der Waals surface area contributed by atoms with Crippen molar-refractivity contribution in [1.82, 2.24) is 10.4 Å². The van der Waals surface area contributed by atoms with Crippen LogP contribution in [0.1, 0.15) is 24.2 Å². The van der Waals surface area contributed by atoms with Gasteiger partial charge in [-0.15, -0.1) is 0 Å². The van der Waals surface area contributed by atoms with Gasteiger partial charge in [0, 0.05) is 12.2 Å². The lowest BCUT2D eigenvalue weighted by Crippen LogP contribution is -2.51. The Bertz CT molecular complexity index is 811. The van der Waals surface area contributed by atoms with E-state index in [1.54, 1.807) is 0 Å². The summed E-state index contributed by atoms with van der Waals surface area (Å²) < 4.78 is 5.87. The molecule has 3 N–H and O–H groups in total. The van der Waals surface area contributed by atoms with Crippen molar-refractivity contribution in [2.75, 3.05) is 6.61 Å². The highest BCUT2D eigenvalue weighted by atomic mass is 32.1. The summed E-state index contributed by atoms with van der Waals surface area (Å²) in [6.45, 7) is 2.35. The summed E-state index contributed by atoms with van der Waals surface area (Å²) in [6.07, 6.45) is -0.495. The minimum Gasteiger partial charge on any atom is -0.375 e. The molecule has 0 spiro atoms. The molecule has 3 rings (SSSR count). The number of carbonyl (C=O) groups excluding carboxylic acids is 1. The first kappa shape index (κ1) is 18.0. The summed E-state index contributed by atoms with van der Waals surface area (Å²) >= 11 is 4.92. The first-order valence-corrected chi connectivity index (χ1v) is 8.72. The first-order valence-electron chi connectivity index (χ1n) is 8.31. The van der Waals surface area contributed by atoms with Gasteiger partial charge in [-0.05, 0) is 24.7 Å². The lowest BCUT2D eigenvalue weighted by molar-refractivity contribution is -0.132. The fourth-order valence-electron chi connectivity index (χ4n) is 2.88. The molecule has 1 amide bonds. The number of ether oxygens (including phenoxy) is 1. The molecule has 0 radical (unpaired) electrons. The Hall–Kier alpha value is -2.77. The highest BCUT2D eigenvalue weighted by Crippen LogP contribution is 2.29. The number of hydrogen-bond donors (Lipinski definition) is 2. The molecule has 0 saturated carbocycles. The molecule has 26 heavy (non-hydrogen) atoms. The number of carbonyl (C=O) groups is 1. The van der Waals surface area contributed by atoms with Crippen molar-refractivity contribution in [3.8, 4) is 0 Å². The lowest BCUT2D eigenvalue weighted by Gasteiger charge is -2.23. The van der Waals surface area contributed by atoms with E-state index in [0.29, 0.717) is 12.4 Å². The zero-order chi connectivity index (χ0) is 18.5. The van der Waals surface area contributed by atoms with Gasteiger partial charge in [-0.2, -0.15) is 0 Å². The normalized spacial score (nSPS) is 17.7. The SMILES string of the molecule is CCOC(c1ccccc1)C1N=C(c2ccccc2)N(NC(N)=S)C1=O. The van der Waals surface area contributed by atoms with E-state index < -0.39 is 12.1 Å². The minimum atomic E-state index is -0.727. The summed E-state index contributed by atoms with van der Waals surface area (Å²) in [6, 6.07) is 18.3. The van der Waals surface area contributed by atoms with E-state index in [1.807, 2.05) is 67.6 Å². The van der Waals surface area contributed by atoms with E-state index in [-0.39, 0.29) is 11.0 Å². The standard InChI is InChI=1S/C19H20N4O2S/c1-2-25-16(13-9-5-3-6-10-13)15-18(24)23(22-19(20)26)17(21-15)14-11-7-4-8-12-14/h3-12,15-16H,2H2,1H3,(H3,20,22,26). The molecule has 0 aliphatic carbocycles. The fraction of sp³-hybridized carbons (Fsp3) is 0.211. The third kappa shape index (κ3) is 3.74. The maximum atomic E-state index is 13.1. The second-order valence-corrected chi connectivity index (χ2v) is 6.14. The molecule has 2 aromatic carbocycles. The van der Waals surface area contributed by atoms with Gasteiger partial charge in [0.05, 0.1) is 0 Å². The van der Waals surface area contributed by atoms with Gasteiger partial charge in [-0.3, -0.25) is 10.2 Å². The maximum Gasteiger partial charge on any atom is 0.275 e. The Kier molecular flexibility index (Phi) is 5.60. The predicted molar refractivity (Wildman–Crippen MR) is 104 cm³/mol. The molecule has 0 aromatic heterocycles. The van der Waals surface area contributed by atoms with Crippen LogP contribution in [0.5, 0.6) is 0 Å². The zero-order valence-corrected chi connectivity index (χ0v) is 15.1. The monoisotopic (exact) mass is 368 g/mol. The molecule has 2 aromatic rings. The molecule has 2 unspecified atom stereocenters. The van der Waals surface area contributed by atoms with Crippen LogP contribution in [0, 0.1) is 0 Å². The number of nitrogens with one attached hydrogen (secondary N) is 1. The summed E-state index contributed by atoms with van der Waals surface area (Å²) in [5.74, 6) is 0.202. The highest BCUT2D eigenvalue weighted by molar-refractivity contribution is 7.80. The molecule has 1 aliphatic rings. The number of nitrogens with zero attached hydrogens (tertiary/aromatic N) is 2. The van der Waals surface area contributed by atoms with E-state index >= 15 is 0 Å². The number of hydrazine groups is 1. The van der Waals surface area contributed by atoms with Crippen molar-refractivity contribution in [2.24, 2.45) is 10.7 Å². The summed E-state index contributed by atoms with van der Waals surface area (Å²) in [5, 5.41) is 1.30. The molecule has 0 bridgehead atoms. The van der Waals surface area contributed by atoms with Crippen LogP contribution in [0.15, 0.2) is 65.7 Å². The maximum absolute atomic E-state index is 13.1. The Morgan fingerprint density at radius 2 is 1.85 bits per heavy atom. The summed E-state index contributed by atoms with van der Waals surface area (Å²) in [7, 11) is 0. The quantitative estimate of drug-likeness (QED) is 0.764. The van der Waals surface area contributed by atoms with Gasteiger partial charge in [0.15, 0.2) is 17.0 Å². The molecular weight excluding hydrogens is 348 g/mol. The van der Waals surface area contributed by atoms with Gasteiger partial charge in [0.25, 0.3) is 5.91 Å². The Morgan fingerprint density at radius 1 is 1.23 bits per heavy atom. The van der Waals surface area contributed by atoms with Crippen LogP contribution in [-0.4, -0.2) is 34.5 Å². The van der Waals surface area contributed by atoms with Gasteiger partial charge in [-0.25, -0.2) is 10.0 Å². The number of rotatable bonds is 6. The number of thiocarbonyl (C=S) groups is 1. The van der Waals surface area contributed by atoms with Crippen molar-refractivity contribution in [3.63, 3.8) is 0 Å². The average Bonchev–Trinajstić information content (AvgIpc) is 2.97. The number of hydrogen-bond acceptors (Lipinski definition) is 4. The number of amidine groups is 1. The third-order valence-corrected chi connectivity index (χ3v) is 4.05. The predicted octanol–water partition coefficient (Wildman–Crippen LogP) is 2.17. The van der Waals surface area contributed by atoms with Crippen LogP contribution in [0.4, 0.5) is 0 Å². The van der Waals surface area contributed by atoms with Gasteiger partial charge in [0.2, 0.25) is 0 Å². The van der Waals surface area contributed by atoms with Crippen molar-refractivity contribution in [2.45, 2.75) is 19.1 Å². The zero-order valence-electron chi connectivity index (χ0n) is 14.3. The topological polar surface area (TPSA) is 79.9 Å². The van der Waals surface area contributed by atoms with Gasteiger partial charge < -0.3 is 10.5 Å². The van der Waals surface area contributed by atoms with Gasteiger partial charge >= 0.3 is 0 Å². The smallest absolute Gasteiger partial charge is 0.275 e. The second kappa shape index (κ2) is 8.07. The van der Waals surface area contributed by atoms with E-state index in [9.17, 15) is 4.79 Å². The summed E-state index contributed by atoms with van der Waals surface area (Å²) in [4.78, 5) is 17.7. The van der Waals surface area contributed by atoms with Crippen LogP contribution < -0.4 is 11.2 Å². The lowest BCUT2D eigenvalue weighted by atomic mass is 10.0. The molecule has 0 fully saturated rings. The van der Waals surface area contributed by atoms with Crippen LogP contribution >= 0.6 is 12.2 Å². The van der Waals surface area contributed by atoms with Crippen molar-refractivity contribution < 1.29 is 9.53 Å². The number of aliphatic imine (C=N–C) groups is 1. The van der Waals surface area contributed by atoms with Gasteiger partial charge in [0.1, 0.15) is 6.10 Å². The highest BCUT2D eigenvalue weighted by Gasteiger charge is 2.41. The molecule has 7 heteroatoms. The Morgan fingerprint density at radius 3 is 2.42 bits per heavy atom. The van der Waals surface area contributed by atoms with Crippen molar-refractivity contribution in [3.05, 3.63) is 71.8 Å². The van der Waals surface area contributed by atoms with E-state index in [4.69, 9.17) is 22.7 Å². The molecular formula is C19H20N4O2S. The number of amides is 1. The van der Waals surface area contributed by atoms with Gasteiger partial charge in [-0.1, -0.05) is 60.7 Å². The average molecular weight is 368 g/mol. The molecule has 1 aliphatic heterocycles. The molecule has 6 nitrogen and oxygen atoms in total. The van der Waals surface area contributed by atoms with E-state index in [1.165, 1.54) is 5.01 Å². The van der Waals surface area contributed by atoms with Crippen molar-refractivity contribution >= 4 is 29.1 Å². The third-order valence-electron chi connectivity index (χ3n) is 3.96. The van der Waals surface area contributed by atoms with Crippen LogP contribution in [0.25, 0.3) is 0 Å². The van der Waals surface area contributed by atoms with Crippen LogP contribution in [-0.2, 0) is 9.53 Å². The summed E-state index contributed by atoms with van der Waals surface area (Å²) in [5.41, 5.74) is 10.0. The molecule has 1 heterocycles. The fourth-order valence-corrected chi connectivity index (χ4v) is 2.97. The second-order valence-electron chi connectivity index (χ2n) is 5.70. The number of nitrogens with two attached hydrogens (primary N) is 1. The molecule has 134 valence electrons. The molecule has 2 atom stereocenters. The minimum absolute atomic E-state index is 0.00435. The Labute approximate surface area is 157 Å². The van der Waals surface area contributed by atoms with E-state index in [0.717, 1.165) is 11.1 Å². The van der Waals surface area contributed by atoms with Crippen LogP contribution in [0.2, 0.25) is 0 Å². The largest absolute Gasteiger partial charge is 0.375 e. The first-order chi connectivity index (χ1) is 12.6. The van der Waals surface area contributed by atoms with E-state index in [2.05, 4.69) is 10.4 Å².